The lowest BCUT2D eigenvalue weighted by atomic mass is 9.93. The number of rotatable bonds is 5. The number of hydrogen-bond acceptors (Lipinski definition) is 3. The normalized spacial score (nSPS) is 16.0. The molecule has 0 N–H and O–H groups in total. The summed E-state index contributed by atoms with van der Waals surface area (Å²) >= 11 is 1.76. The summed E-state index contributed by atoms with van der Waals surface area (Å²) in [6, 6.07) is 12.1. The maximum Gasteiger partial charge on any atom is 0.319 e. The largest absolute Gasteiger partial charge is 0.331 e. The standard InChI is InChI=1S/C21H27N3O2S/c1-4-12-23(21(26)22(2)3)15-19(25)24-13-10-18-17(11-14-27-18)20(24)16-8-6-5-7-9-16/h5-9,11,14,20H,4,10,12-13,15H2,1-3H3/t20-/m0/s1. The molecule has 27 heavy (non-hydrogen) atoms. The lowest BCUT2D eigenvalue weighted by Gasteiger charge is -2.38. The minimum absolute atomic E-state index is 0.00403. The molecule has 0 radical (unpaired) electrons. The third-order valence-corrected chi connectivity index (χ3v) is 5.87. The van der Waals surface area contributed by atoms with E-state index in [1.54, 1.807) is 30.3 Å². The van der Waals surface area contributed by atoms with Gasteiger partial charge in [0.2, 0.25) is 5.91 Å². The van der Waals surface area contributed by atoms with Crippen molar-refractivity contribution in [3.63, 3.8) is 0 Å². The van der Waals surface area contributed by atoms with Crippen LogP contribution < -0.4 is 0 Å². The molecule has 1 aliphatic rings. The van der Waals surface area contributed by atoms with Crippen LogP contribution >= 0.6 is 11.3 Å². The molecule has 5 nitrogen and oxygen atoms in total. The minimum Gasteiger partial charge on any atom is -0.331 e. The highest BCUT2D eigenvalue weighted by Crippen LogP contribution is 2.37. The van der Waals surface area contributed by atoms with Gasteiger partial charge in [-0.25, -0.2) is 4.79 Å². The second kappa shape index (κ2) is 8.57. The Kier molecular flexibility index (Phi) is 6.16. The first kappa shape index (κ1) is 19.4. The summed E-state index contributed by atoms with van der Waals surface area (Å²) < 4.78 is 0. The molecule has 0 fully saturated rings. The fourth-order valence-electron chi connectivity index (χ4n) is 3.63. The van der Waals surface area contributed by atoms with Crippen molar-refractivity contribution in [2.45, 2.75) is 25.8 Å². The fraction of sp³-hybridized carbons (Fsp3) is 0.429. The van der Waals surface area contributed by atoms with Gasteiger partial charge in [0, 0.05) is 32.1 Å². The minimum atomic E-state index is -0.116. The molecule has 1 atom stereocenters. The molecular formula is C21H27N3O2S. The van der Waals surface area contributed by atoms with Crippen molar-refractivity contribution < 1.29 is 9.59 Å². The van der Waals surface area contributed by atoms with Gasteiger partial charge in [-0.05, 0) is 35.4 Å². The first-order chi connectivity index (χ1) is 13.0. The zero-order valence-electron chi connectivity index (χ0n) is 16.2. The van der Waals surface area contributed by atoms with Crippen LogP contribution in [0.5, 0.6) is 0 Å². The fourth-order valence-corrected chi connectivity index (χ4v) is 4.53. The van der Waals surface area contributed by atoms with E-state index < -0.39 is 0 Å². The van der Waals surface area contributed by atoms with Crippen molar-refractivity contribution in [1.82, 2.24) is 14.7 Å². The summed E-state index contributed by atoms with van der Waals surface area (Å²) in [6.07, 6.45) is 1.70. The number of fused-ring (bicyclic) bond motifs is 1. The van der Waals surface area contributed by atoms with Crippen LogP contribution in [0.4, 0.5) is 4.79 Å². The quantitative estimate of drug-likeness (QED) is 0.789. The molecule has 1 aromatic heterocycles. The summed E-state index contributed by atoms with van der Waals surface area (Å²) in [5.74, 6) is 0.00403. The van der Waals surface area contributed by atoms with Crippen LogP contribution in [0, 0.1) is 0 Å². The third-order valence-electron chi connectivity index (χ3n) is 4.87. The number of amides is 3. The predicted molar refractivity (Wildman–Crippen MR) is 109 cm³/mol. The number of hydrogen-bond donors (Lipinski definition) is 0. The Morgan fingerprint density at radius 1 is 1.19 bits per heavy atom. The van der Waals surface area contributed by atoms with Gasteiger partial charge >= 0.3 is 6.03 Å². The van der Waals surface area contributed by atoms with Crippen LogP contribution in [-0.2, 0) is 11.2 Å². The smallest absolute Gasteiger partial charge is 0.319 e. The highest BCUT2D eigenvalue weighted by Gasteiger charge is 2.33. The van der Waals surface area contributed by atoms with Crippen LogP contribution in [0.1, 0.15) is 35.4 Å². The number of carbonyl (C=O) groups excluding carboxylic acids is 2. The number of benzene rings is 1. The van der Waals surface area contributed by atoms with E-state index in [9.17, 15) is 9.59 Å². The summed E-state index contributed by atoms with van der Waals surface area (Å²) in [5, 5.41) is 2.10. The highest BCUT2D eigenvalue weighted by atomic mass is 32.1. The van der Waals surface area contributed by atoms with E-state index in [1.807, 2.05) is 30.0 Å². The third kappa shape index (κ3) is 4.16. The zero-order valence-corrected chi connectivity index (χ0v) is 17.0. The second-order valence-corrected chi connectivity index (χ2v) is 8.05. The molecular weight excluding hydrogens is 358 g/mol. The van der Waals surface area contributed by atoms with E-state index in [4.69, 9.17) is 0 Å². The molecule has 2 aromatic rings. The number of nitrogens with zero attached hydrogens (tertiary/aromatic N) is 3. The van der Waals surface area contributed by atoms with Crippen molar-refractivity contribution in [2.75, 3.05) is 33.7 Å². The van der Waals surface area contributed by atoms with E-state index in [0.29, 0.717) is 13.1 Å². The van der Waals surface area contributed by atoms with Gasteiger partial charge in [0.15, 0.2) is 0 Å². The molecule has 6 heteroatoms. The number of thiophene rings is 1. The Bertz CT molecular complexity index is 788. The maximum absolute atomic E-state index is 13.2. The van der Waals surface area contributed by atoms with Gasteiger partial charge in [0.1, 0.15) is 6.54 Å². The number of urea groups is 1. The highest BCUT2D eigenvalue weighted by molar-refractivity contribution is 7.10. The van der Waals surface area contributed by atoms with Crippen LogP contribution in [0.15, 0.2) is 41.8 Å². The molecule has 1 aliphatic heterocycles. The summed E-state index contributed by atoms with van der Waals surface area (Å²) in [6.45, 7) is 3.40. The first-order valence-electron chi connectivity index (χ1n) is 9.39. The van der Waals surface area contributed by atoms with Crippen molar-refractivity contribution in [3.8, 4) is 0 Å². The van der Waals surface area contributed by atoms with E-state index in [1.165, 1.54) is 15.3 Å². The Hall–Kier alpha value is -2.34. The number of carbonyl (C=O) groups is 2. The molecule has 0 saturated heterocycles. The lowest BCUT2D eigenvalue weighted by Crippen LogP contribution is -2.49. The molecule has 2 heterocycles. The van der Waals surface area contributed by atoms with E-state index >= 15 is 0 Å². The van der Waals surface area contributed by atoms with Gasteiger partial charge in [0.25, 0.3) is 0 Å². The van der Waals surface area contributed by atoms with Gasteiger partial charge < -0.3 is 14.7 Å². The predicted octanol–water partition coefficient (Wildman–Crippen LogP) is 3.62. The monoisotopic (exact) mass is 385 g/mol. The summed E-state index contributed by atoms with van der Waals surface area (Å²) in [4.78, 5) is 32.2. The summed E-state index contributed by atoms with van der Waals surface area (Å²) in [7, 11) is 3.45. The van der Waals surface area contributed by atoms with E-state index in [2.05, 4.69) is 23.6 Å². The van der Waals surface area contributed by atoms with Crippen LogP contribution in [0.3, 0.4) is 0 Å². The van der Waals surface area contributed by atoms with Gasteiger partial charge in [-0.2, -0.15) is 0 Å². The Morgan fingerprint density at radius 2 is 1.93 bits per heavy atom. The SMILES string of the molecule is CCCN(CC(=O)N1CCc2sccc2[C@@H]1c1ccccc1)C(=O)N(C)C. The average molecular weight is 386 g/mol. The van der Waals surface area contributed by atoms with E-state index in [-0.39, 0.29) is 24.5 Å². The molecule has 0 spiro atoms. The molecule has 3 rings (SSSR count). The Labute approximate surface area is 165 Å². The van der Waals surface area contributed by atoms with Gasteiger partial charge in [-0.15, -0.1) is 11.3 Å². The molecule has 0 saturated carbocycles. The molecule has 0 bridgehead atoms. The molecule has 0 unspecified atom stereocenters. The van der Waals surface area contributed by atoms with Gasteiger partial charge in [-0.3, -0.25) is 4.79 Å². The summed E-state index contributed by atoms with van der Waals surface area (Å²) in [5.41, 5.74) is 2.33. The molecule has 0 aliphatic carbocycles. The lowest BCUT2D eigenvalue weighted by molar-refractivity contribution is -0.134. The van der Waals surface area contributed by atoms with Crippen molar-refractivity contribution in [1.29, 1.82) is 0 Å². The molecule has 3 amide bonds. The van der Waals surface area contributed by atoms with Crippen molar-refractivity contribution >= 4 is 23.3 Å². The average Bonchev–Trinajstić information content (AvgIpc) is 3.15. The van der Waals surface area contributed by atoms with Crippen molar-refractivity contribution in [3.05, 3.63) is 57.8 Å². The second-order valence-electron chi connectivity index (χ2n) is 7.05. The van der Waals surface area contributed by atoms with Crippen molar-refractivity contribution in [2.24, 2.45) is 0 Å². The molecule has 144 valence electrons. The topological polar surface area (TPSA) is 43.9 Å². The zero-order chi connectivity index (χ0) is 19.4. The molecule has 1 aromatic carbocycles. The van der Waals surface area contributed by atoms with E-state index in [0.717, 1.165) is 18.4 Å². The Morgan fingerprint density at radius 3 is 2.59 bits per heavy atom. The van der Waals surface area contributed by atoms with Gasteiger partial charge in [-0.1, -0.05) is 37.3 Å². The van der Waals surface area contributed by atoms with Crippen LogP contribution in [0.2, 0.25) is 0 Å². The van der Waals surface area contributed by atoms with Crippen LogP contribution in [0.25, 0.3) is 0 Å². The first-order valence-corrected chi connectivity index (χ1v) is 10.3. The maximum atomic E-state index is 13.2. The van der Waals surface area contributed by atoms with Gasteiger partial charge in [0.05, 0.1) is 6.04 Å². The van der Waals surface area contributed by atoms with Crippen LogP contribution in [-0.4, -0.2) is 60.4 Å². The Balaban J connectivity index is 1.87.